The highest BCUT2D eigenvalue weighted by molar-refractivity contribution is 6.32. The number of rotatable bonds is 13. The van der Waals surface area contributed by atoms with Crippen molar-refractivity contribution in [3.05, 3.63) is 113 Å². The van der Waals surface area contributed by atoms with Crippen molar-refractivity contribution in [3.8, 4) is 16.9 Å². The smallest absolute Gasteiger partial charge is 0.414 e. The van der Waals surface area contributed by atoms with Crippen molar-refractivity contribution in [2.45, 2.75) is 96.3 Å². The van der Waals surface area contributed by atoms with Crippen LogP contribution in [0.1, 0.15) is 88.9 Å². The van der Waals surface area contributed by atoms with Gasteiger partial charge in [0.05, 0.1) is 35.0 Å². The van der Waals surface area contributed by atoms with E-state index >= 15 is 0 Å². The summed E-state index contributed by atoms with van der Waals surface area (Å²) in [5.74, 6) is -0.726. The Morgan fingerprint density at radius 3 is 2.33 bits per heavy atom. The normalized spacial score (nSPS) is 18.2. The van der Waals surface area contributed by atoms with Gasteiger partial charge < -0.3 is 19.7 Å². The van der Waals surface area contributed by atoms with Crippen LogP contribution in [0.2, 0.25) is 5.02 Å². The topological polar surface area (TPSA) is 154 Å². The molecule has 63 heavy (non-hydrogen) atoms. The van der Waals surface area contributed by atoms with E-state index in [1.54, 1.807) is 34.5 Å². The van der Waals surface area contributed by atoms with E-state index in [2.05, 4.69) is 32.6 Å². The summed E-state index contributed by atoms with van der Waals surface area (Å²) in [6, 6.07) is 17.6. The van der Waals surface area contributed by atoms with Crippen LogP contribution in [-0.2, 0) is 27.2 Å². The number of carbonyl (C=O) groups is 2. The first kappa shape index (κ1) is 44.9. The third-order valence-electron chi connectivity index (χ3n) is 10.9. The molecule has 334 valence electrons. The first-order chi connectivity index (χ1) is 29.7. The summed E-state index contributed by atoms with van der Waals surface area (Å²) >= 11 is 6.56. The largest absolute Gasteiger partial charge is 0.447 e. The zero-order chi connectivity index (χ0) is 45.3. The number of ether oxygens (including phenoxy) is 2. The van der Waals surface area contributed by atoms with E-state index in [9.17, 15) is 31.5 Å². The summed E-state index contributed by atoms with van der Waals surface area (Å²) in [6.45, 7) is 8.27. The molecular weight excluding hydrogens is 851 g/mol. The molecule has 0 radical (unpaired) electrons. The number of amides is 2. The van der Waals surface area contributed by atoms with Crippen LogP contribution in [0.25, 0.3) is 16.9 Å². The minimum atomic E-state index is -4.77. The molecule has 3 heterocycles. The molecule has 14 nitrogen and oxygen atoms in total. The molecule has 0 saturated heterocycles. The fraction of sp³-hybridized carbons (Fsp3) is 0.419. The molecule has 20 heteroatoms. The van der Waals surface area contributed by atoms with Gasteiger partial charge in [0.1, 0.15) is 36.8 Å². The molecule has 3 aromatic carbocycles. The lowest BCUT2D eigenvalue weighted by atomic mass is 9.76. The third-order valence-corrected chi connectivity index (χ3v) is 11.3. The summed E-state index contributed by atoms with van der Waals surface area (Å²) in [4.78, 5) is 37.2. The number of aliphatic imine (C=N–C) groups is 1. The van der Waals surface area contributed by atoms with E-state index in [0.29, 0.717) is 17.7 Å². The molecule has 1 aliphatic heterocycles. The van der Waals surface area contributed by atoms with Crippen molar-refractivity contribution in [2.75, 3.05) is 13.2 Å². The van der Waals surface area contributed by atoms with Crippen LogP contribution in [0.3, 0.4) is 0 Å². The average Bonchev–Trinajstić information content (AvgIpc) is 3.59. The number of benzene rings is 3. The first-order valence-corrected chi connectivity index (χ1v) is 20.5. The maximum atomic E-state index is 14.1. The van der Waals surface area contributed by atoms with Crippen LogP contribution in [0.15, 0.2) is 90.3 Å². The summed E-state index contributed by atoms with van der Waals surface area (Å²) < 4.78 is 82.5. The molecule has 0 bridgehead atoms. The number of aromatic nitrogens is 6. The quantitative estimate of drug-likeness (QED) is 0.110. The van der Waals surface area contributed by atoms with E-state index in [4.69, 9.17) is 26.1 Å². The van der Waals surface area contributed by atoms with Crippen LogP contribution in [0.5, 0.6) is 0 Å². The lowest BCUT2D eigenvalue weighted by Gasteiger charge is -2.37. The molecule has 7 rings (SSSR count). The second-order valence-electron chi connectivity index (χ2n) is 17.2. The average molecular weight is 897 g/mol. The molecular formula is C43H46ClF5N10O4. The molecule has 0 spiro atoms. The second-order valence-corrected chi connectivity index (χ2v) is 17.6. The maximum absolute atomic E-state index is 14.1. The van der Waals surface area contributed by atoms with Gasteiger partial charge in [-0.3, -0.25) is 5.32 Å². The number of hydrogen-bond acceptors (Lipinski definition) is 10. The molecule has 1 fully saturated rings. The Kier molecular flexibility index (Phi) is 12.5. The number of nitrogens with one attached hydrogen (secondary N) is 2. The van der Waals surface area contributed by atoms with E-state index in [1.807, 2.05) is 62.0 Å². The van der Waals surface area contributed by atoms with Crippen molar-refractivity contribution < 1.29 is 41.0 Å². The summed E-state index contributed by atoms with van der Waals surface area (Å²) in [5, 5.41) is 17.3. The van der Waals surface area contributed by atoms with E-state index < -0.39 is 60.3 Å². The van der Waals surface area contributed by atoms with Crippen LogP contribution in [0.4, 0.5) is 31.5 Å². The van der Waals surface area contributed by atoms with Crippen LogP contribution < -0.4 is 10.6 Å². The highest BCUT2D eigenvalue weighted by Crippen LogP contribution is 2.46. The first-order valence-electron chi connectivity index (χ1n) is 20.1. The standard InChI is InChI=1S/C43H46ClF5N10O4/c1-26(43(47,48)49)52-38(60)63-22-34(29-13-16-31(44)33(19-29)59-36(35(45)46)50-25-51-59)57-24-42(23-40(2,3)4,54-37(57)53-39(61)62-21-27-9-7-6-8-10-27)30-14-11-28(12-15-30)32-20-58(56-55-32)41(5)17-18-41/h6-16,19-20,25-26,34-35H,17-18,21-24H2,1-5H3,(H,52,60)(H,53,54,61)/t26-,34+,42-/m0/s1. The van der Waals surface area contributed by atoms with E-state index in [-0.39, 0.29) is 40.9 Å². The zero-order valence-corrected chi connectivity index (χ0v) is 35.8. The summed E-state index contributed by atoms with van der Waals surface area (Å²) in [5.41, 5.74) is 1.62. The van der Waals surface area contributed by atoms with Crippen molar-refractivity contribution in [1.29, 1.82) is 0 Å². The number of halogens is 6. The molecule has 2 aliphatic rings. The molecule has 2 amide bonds. The predicted octanol–water partition coefficient (Wildman–Crippen LogP) is 9.27. The number of hydrogen-bond donors (Lipinski definition) is 2. The van der Waals surface area contributed by atoms with Gasteiger partial charge in [-0.15, -0.1) is 5.10 Å². The monoisotopic (exact) mass is 896 g/mol. The van der Waals surface area contributed by atoms with Crippen LogP contribution in [0, 0.1) is 5.41 Å². The van der Waals surface area contributed by atoms with Gasteiger partial charge in [0.15, 0.2) is 5.82 Å². The Labute approximate surface area is 364 Å². The SMILES string of the molecule is C[C@H](NC(=O)OC[C@H](c1ccc(Cl)c(-n2ncnc2C(F)F)c1)N1C[C@@](CC(C)(C)C)(c2ccc(-c3cn(C4(C)CC4)nn3)cc2)N=C1NC(=O)OCc1ccccc1)C(F)(F)F. The van der Waals surface area contributed by atoms with Gasteiger partial charge >= 0.3 is 18.4 Å². The Morgan fingerprint density at radius 2 is 1.68 bits per heavy atom. The Bertz CT molecular complexity index is 2450. The summed E-state index contributed by atoms with van der Waals surface area (Å²) in [7, 11) is 0. The van der Waals surface area contributed by atoms with Gasteiger partial charge in [-0.2, -0.15) is 18.3 Å². The van der Waals surface area contributed by atoms with Crippen molar-refractivity contribution in [2.24, 2.45) is 10.4 Å². The minimum absolute atomic E-state index is 0.00827. The van der Waals surface area contributed by atoms with Gasteiger partial charge in [-0.1, -0.05) is 98.2 Å². The number of guanidine groups is 1. The Balaban J connectivity index is 1.31. The van der Waals surface area contributed by atoms with Gasteiger partial charge in [0, 0.05) is 5.56 Å². The van der Waals surface area contributed by atoms with Crippen molar-refractivity contribution >= 4 is 29.7 Å². The number of carbonyl (C=O) groups excluding carboxylic acids is 2. The van der Waals surface area contributed by atoms with Gasteiger partial charge in [-0.05, 0) is 67.3 Å². The fourth-order valence-electron chi connectivity index (χ4n) is 7.42. The van der Waals surface area contributed by atoms with Gasteiger partial charge in [0.25, 0.3) is 6.43 Å². The molecule has 1 aliphatic carbocycles. The van der Waals surface area contributed by atoms with Crippen LogP contribution >= 0.6 is 11.6 Å². The molecule has 2 N–H and O–H groups in total. The highest BCUT2D eigenvalue weighted by Gasteiger charge is 2.47. The van der Waals surface area contributed by atoms with Gasteiger partial charge in [0.2, 0.25) is 5.96 Å². The molecule has 2 aromatic heterocycles. The van der Waals surface area contributed by atoms with E-state index in [1.165, 1.54) is 18.2 Å². The van der Waals surface area contributed by atoms with Crippen molar-refractivity contribution in [3.63, 3.8) is 0 Å². The van der Waals surface area contributed by atoms with Crippen LogP contribution in [-0.4, -0.2) is 78.2 Å². The predicted molar refractivity (Wildman–Crippen MR) is 222 cm³/mol. The van der Waals surface area contributed by atoms with Crippen molar-refractivity contribution in [1.82, 2.24) is 45.3 Å². The molecule has 5 aromatic rings. The maximum Gasteiger partial charge on any atom is 0.414 e. The number of alkyl halides is 5. The molecule has 3 atom stereocenters. The second kappa shape index (κ2) is 17.6. The molecule has 0 unspecified atom stereocenters. The summed E-state index contributed by atoms with van der Waals surface area (Å²) in [6.07, 6.45) is -4.81. The highest BCUT2D eigenvalue weighted by atomic mass is 35.5. The fourth-order valence-corrected chi connectivity index (χ4v) is 7.62. The minimum Gasteiger partial charge on any atom is -0.447 e. The molecule has 1 saturated carbocycles. The number of nitrogens with zero attached hydrogens (tertiary/aromatic N) is 8. The Morgan fingerprint density at radius 1 is 0.968 bits per heavy atom. The lowest BCUT2D eigenvalue weighted by molar-refractivity contribution is -0.150. The lowest BCUT2D eigenvalue weighted by Crippen LogP contribution is -2.47. The third kappa shape index (κ3) is 10.4. The Hall–Kier alpha value is -6.11. The van der Waals surface area contributed by atoms with Gasteiger partial charge in [-0.25, -0.2) is 37.7 Å². The van der Waals surface area contributed by atoms with E-state index in [0.717, 1.165) is 41.9 Å². The number of alkyl carbamates (subject to hydrolysis) is 2. The zero-order valence-electron chi connectivity index (χ0n) is 35.0.